The average molecular weight is 238 g/mol. The van der Waals surface area contributed by atoms with E-state index >= 15 is 0 Å². The number of rotatable bonds is 5. The molecule has 1 N–H and O–H groups in total. The van der Waals surface area contributed by atoms with E-state index in [9.17, 15) is 4.79 Å². The molecule has 0 aromatic heterocycles. The van der Waals surface area contributed by atoms with Crippen molar-refractivity contribution in [1.82, 2.24) is 0 Å². The summed E-state index contributed by atoms with van der Waals surface area (Å²) in [5.74, 6) is 0.0820. The molecule has 0 aliphatic rings. The van der Waals surface area contributed by atoms with Crippen molar-refractivity contribution in [3.8, 4) is 5.75 Å². The third-order valence-corrected chi connectivity index (χ3v) is 2.80. The van der Waals surface area contributed by atoms with Crippen LogP contribution in [0.4, 0.5) is 0 Å². The lowest BCUT2D eigenvalue weighted by Gasteiger charge is -2.19. The minimum atomic E-state index is -1.58. The highest BCUT2D eigenvalue weighted by atomic mass is 28.4. The average Bonchev–Trinajstić information content (AvgIpc) is 2.12. The molecule has 0 unspecified atom stereocenters. The lowest BCUT2D eigenvalue weighted by molar-refractivity contribution is -0.136. The van der Waals surface area contributed by atoms with Gasteiger partial charge in [0.05, 0.1) is 0 Å². The number of hydrogen-bond donors (Lipinski definition) is 1. The Balaban J connectivity index is 2.67. The molecule has 1 rings (SSSR count). The Morgan fingerprint density at radius 1 is 1.38 bits per heavy atom. The first-order valence-electron chi connectivity index (χ1n) is 5.36. The summed E-state index contributed by atoms with van der Waals surface area (Å²) in [6.45, 7) is 6.37. The summed E-state index contributed by atoms with van der Waals surface area (Å²) in [4.78, 5) is 10.5. The highest BCUT2D eigenvalue weighted by Gasteiger charge is 2.16. The SMILES string of the molecule is C[Si](C)(C)Oc1cccc(CCC(=O)O)c1. The quantitative estimate of drug-likeness (QED) is 0.802. The molecule has 0 amide bonds. The summed E-state index contributed by atoms with van der Waals surface area (Å²) in [5.41, 5.74) is 1.01. The molecule has 16 heavy (non-hydrogen) atoms. The summed E-state index contributed by atoms with van der Waals surface area (Å²) in [6.07, 6.45) is 0.717. The van der Waals surface area contributed by atoms with Crippen LogP contribution in [0.3, 0.4) is 0 Å². The van der Waals surface area contributed by atoms with Crippen LogP contribution in [0.15, 0.2) is 24.3 Å². The van der Waals surface area contributed by atoms with Gasteiger partial charge in [-0.05, 0) is 43.8 Å². The van der Waals surface area contributed by atoms with Crippen LogP contribution in [0, 0.1) is 0 Å². The fraction of sp³-hybridized carbons (Fsp3) is 0.417. The molecule has 0 bridgehead atoms. The Morgan fingerprint density at radius 2 is 2.06 bits per heavy atom. The second-order valence-electron chi connectivity index (χ2n) is 4.76. The van der Waals surface area contributed by atoms with Crippen molar-refractivity contribution in [2.24, 2.45) is 0 Å². The van der Waals surface area contributed by atoms with E-state index in [2.05, 4.69) is 19.6 Å². The van der Waals surface area contributed by atoms with Crippen molar-refractivity contribution < 1.29 is 14.3 Å². The van der Waals surface area contributed by atoms with Crippen molar-refractivity contribution in [3.63, 3.8) is 0 Å². The molecule has 0 aliphatic carbocycles. The second kappa shape index (κ2) is 5.16. The van der Waals surface area contributed by atoms with Gasteiger partial charge in [0, 0.05) is 6.42 Å². The second-order valence-corrected chi connectivity index (χ2v) is 9.18. The van der Waals surface area contributed by atoms with Gasteiger partial charge < -0.3 is 9.53 Å². The molecular formula is C12H18O3Si. The van der Waals surface area contributed by atoms with Crippen molar-refractivity contribution >= 4 is 14.3 Å². The molecule has 0 fully saturated rings. The molecule has 1 aromatic rings. The standard InChI is InChI=1S/C12H18O3Si/c1-16(2,3)15-11-6-4-5-10(9-11)7-8-12(13)14/h4-6,9H,7-8H2,1-3H3,(H,13,14). The van der Waals surface area contributed by atoms with Gasteiger partial charge in [0.1, 0.15) is 5.75 Å². The van der Waals surface area contributed by atoms with E-state index in [1.54, 1.807) is 0 Å². The molecule has 0 radical (unpaired) electrons. The molecule has 4 heteroatoms. The first-order chi connectivity index (χ1) is 7.37. The van der Waals surface area contributed by atoms with E-state index < -0.39 is 14.3 Å². The first-order valence-corrected chi connectivity index (χ1v) is 8.77. The summed E-state index contributed by atoms with van der Waals surface area (Å²) < 4.78 is 5.84. The lowest BCUT2D eigenvalue weighted by Crippen LogP contribution is -2.29. The fourth-order valence-electron chi connectivity index (χ4n) is 1.37. The van der Waals surface area contributed by atoms with Crippen LogP contribution >= 0.6 is 0 Å². The largest absolute Gasteiger partial charge is 0.544 e. The summed E-state index contributed by atoms with van der Waals surface area (Å²) in [5, 5.41) is 8.61. The minimum Gasteiger partial charge on any atom is -0.544 e. The smallest absolute Gasteiger partial charge is 0.303 e. The van der Waals surface area contributed by atoms with Gasteiger partial charge in [-0.15, -0.1) is 0 Å². The maximum Gasteiger partial charge on any atom is 0.303 e. The molecule has 1 aromatic carbocycles. The third-order valence-electron chi connectivity index (χ3n) is 1.95. The van der Waals surface area contributed by atoms with E-state index in [1.807, 2.05) is 24.3 Å². The zero-order valence-electron chi connectivity index (χ0n) is 9.99. The van der Waals surface area contributed by atoms with Crippen LogP contribution < -0.4 is 4.43 Å². The lowest BCUT2D eigenvalue weighted by atomic mass is 10.1. The summed E-state index contributed by atoms with van der Waals surface area (Å²) in [7, 11) is -1.58. The molecule has 88 valence electrons. The molecule has 3 nitrogen and oxygen atoms in total. The highest BCUT2D eigenvalue weighted by molar-refractivity contribution is 6.70. The van der Waals surface area contributed by atoms with Gasteiger partial charge in [-0.3, -0.25) is 4.79 Å². The van der Waals surface area contributed by atoms with Crippen molar-refractivity contribution in [1.29, 1.82) is 0 Å². The predicted octanol–water partition coefficient (Wildman–Crippen LogP) is 2.92. The number of benzene rings is 1. The molecule has 0 saturated heterocycles. The van der Waals surface area contributed by atoms with Gasteiger partial charge in [-0.1, -0.05) is 12.1 Å². The van der Waals surface area contributed by atoms with Crippen molar-refractivity contribution in [2.45, 2.75) is 32.5 Å². The summed E-state index contributed by atoms with van der Waals surface area (Å²) >= 11 is 0. The topological polar surface area (TPSA) is 46.5 Å². The molecule has 0 atom stereocenters. The van der Waals surface area contributed by atoms with Crippen LogP contribution in [0.5, 0.6) is 5.75 Å². The van der Waals surface area contributed by atoms with Crippen LogP contribution in [0.25, 0.3) is 0 Å². The Bertz CT molecular complexity index is 369. The van der Waals surface area contributed by atoms with E-state index in [4.69, 9.17) is 9.53 Å². The van der Waals surface area contributed by atoms with Gasteiger partial charge in [-0.25, -0.2) is 0 Å². The molecule has 0 heterocycles. The van der Waals surface area contributed by atoms with Crippen LogP contribution in [0.1, 0.15) is 12.0 Å². The highest BCUT2D eigenvalue weighted by Crippen LogP contribution is 2.18. The maximum atomic E-state index is 10.5. The van der Waals surface area contributed by atoms with Crippen molar-refractivity contribution in [3.05, 3.63) is 29.8 Å². The van der Waals surface area contributed by atoms with Gasteiger partial charge in [-0.2, -0.15) is 0 Å². The van der Waals surface area contributed by atoms with Crippen LogP contribution in [0.2, 0.25) is 19.6 Å². The molecule has 0 spiro atoms. The Labute approximate surface area is 97.2 Å². The van der Waals surface area contributed by atoms with Crippen LogP contribution in [-0.4, -0.2) is 19.4 Å². The maximum absolute atomic E-state index is 10.5. The zero-order chi connectivity index (χ0) is 12.2. The van der Waals surface area contributed by atoms with E-state index in [0.29, 0.717) is 6.42 Å². The van der Waals surface area contributed by atoms with Gasteiger partial charge in [0.15, 0.2) is 0 Å². The van der Waals surface area contributed by atoms with Crippen molar-refractivity contribution in [2.75, 3.05) is 0 Å². The van der Waals surface area contributed by atoms with E-state index in [-0.39, 0.29) is 6.42 Å². The van der Waals surface area contributed by atoms with Gasteiger partial charge in [0.25, 0.3) is 0 Å². The summed E-state index contributed by atoms with van der Waals surface area (Å²) in [6, 6.07) is 7.69. The van der Waals surface area contributed by atoms with Gasteiger partial charge >= 0.3 is 5.97 Å². The minimum absolute atomic E-state index is 0.163. The number of carboxylic acid groups (broad SMARTS) is 1. The van der Waals surface area contributed by atoms with E-state index in [1.165, 1.54) is 0 Å². The number of hydrogen-bond acceptors (Lipinski definition) is 2. The fourth-order valence-corrected chi connectivity index (χ4v) is 2.20. The molecule has 0 aliphatic heterocycles. The predicted molar refractivity (Wildman–Crippen MR) is 66.4 cm³/mol. The molecule has 0 saturated carbocycles. The number of aliphatic carboxylic acids is 1. The Hall–Kier alpha value is -1.29. The normalized spacial score (nSPS) is 11.2. The first kappa shape index (κ1) is 12.8. The number of carboxylic acids is 1. The Morgan fingerprint density at radius 3 is 2.62 bits per heavy atom. The number of aryl methyl sites for hydroxylation is 1. The number of carbonyl (C=O) groups is 1. The van der Waals surface area contributed by atoms with E-state index in [0.717, 1.165) is 11.3 Å². The monoisotopic (exact) mass is 238 g/mol. The zero-order valence-corrected chi connectivity index (χ0v) is 11.0. The third kappa shape index (κ3) is 4.98. The van der Waals surface area contributed by atoms with Gasteiger partial charge in [0.2, 0.25) is 8.32 Å². The Kier molecular flexibility index (Phi) is 4.12. The van der Waals surface area contributed by atoms with Crippen LogP contribution in [-0.2, 0) is 11.2 Å². The molecular weight excluding hydrogens is 220 g/mol.